The number of nitrogens with one attached hydrogen (secondary N) is 1. The van der Waals surface area contributed by atoms with Crippen molar-refractivity contribution in [3.8, 4) is 0 Å². The van der Waals surface area contributed by atoms with Crippen LogP contribution in [0.1, 0.15) is 45.0 Å². The fraction of sp³-hybridized carbons (Fsp3) is 0.600. The normalized spacial score (nSPS) is 11.0. The summed E-state index contributed by atoms with van der Waals surface area (Å²) in [7, 11) is 0. The van der Waals surface area contributed by atoms with Crippen LogP contribution in [0.3, 0.4) is 0 Å². The van der Waals surface area contributed by atoms with Crippen LogP contribution in [-0.2, 0) is 0 Å². The van der Waals surface area contributed by atoms with Gasteiger partial charge in [-0.1, -0.05) is 13.8 Å². The van der Waals surface area contributed by atoms with Gasteiger partial charge in [0.2, 0.25) is 0 Å². The molecule has 5 heteroatoms. The van der Waals surface area contributed by atoms with Crippen LogP contribution in [0.15, 0.2) is 16.7 Å². The van der Waals surface area contributed by atoms with E-state index in [1.54, 1.807) is 6.20 Å². The van der Waals surface area contributed by atoms with E-state index < -0.39 is 0 Å². The Balaban J connectivity index is 3.13. The Morgan fingerprint density at radius 1 is 1.40 bits per heavy atom. The molecule has 4 nitrogen and oxygen atoms in total. The SMILES string of the molecule is CCNc1ncc(Br)cc1C(=O)N(CC(C)C)C(C)C. The highest BCUT2D eigenvalue weighted by Gasteiger charge is 2.23. The van der Waals surface area contributed by atoms with Gasteiger partial charge in [-0.15, -0.1) is 0 Å². The van der Waals surface area contributed by atoms with Crippen molar-refractivity contribution in [1.29, 1.82) is 0 Å². The van der Waals surface area contributed by atoms with Gasteiger partial charge in [0, 0.05) is 29.8 Å². The topological polar surface area (TPSA) is 45.2 Å². The second-order valence-corrected chi connectivity index (χ2v) is 6.44. The van der Waals surface area contributed by atoms with Gasteiger partial charge in [-0.25, -0.2) is 4.98 Å². The van der Waals surface area contributed by atoms with Gasteiger partial charge in [0.05, 0.1) is 5.56 Å². The number of hydrogen-bond acceptors (Lipinski definition) is 3. The molecule has 0 atom stereocenters. The van der Waals surface area contributed by atoms with E-state index in [-0.39, 0.29) is 11.9 Å². The van der Waals surface area contributed by atoms with Crippen molar-refractivity contribution in [2.75, 3.05) is 18.4 Å². The average Bonchev–Trinajstić information content (AvgIpc) is 2.37. The molecule has 1 amide bonds. The van der Waals surface area contributed by atoms with Gasteiger partial charge in [-0.2, -0.15) is 0 Å². The molecule has 1 aromatic rings. The van der Waals surface area contributed by atoms with Crippen LogP contribution < -0.4 is 5.32 Å². The van der Waals surface area contributed by atoms with Gasteiger partial charge in [-0.3, -0.25) is 4.79 Å². The highest BCUT2D eigenvalue weighted by atomic mass is 79.9. The van der Waals surface area contributed by atoms with Crippen molar-refractivity contribution in [1.82, 2.24) is 9.88 Å². The minimum Gasteiger partial charge on any atom is -0.370 e. The summed E-state index contributed by atoms with van der Waals surface area (Å²) in [5.74, 6) is 1.11. The molecule has 0 aromatic carbocycles. The molecule has 0 unspecified atom stereocenters. The van der Waals surface area contributed by atoms with E-state index in [2.05, 4.69) is 40.1 Å². The molecule has 1 aromatic heterocycles. The summed E-state index contributed by atoms with van der Waals surface area (Å²) in [5.41, 5.74) is 0.621. The molecule has 0 aliphatic rings. The maximum Gasteiger partial charge on any atom is 0.257 e. The molecule has 0 spiro atoms. The van der Waals surface area contributed by atoms with Crippen LogP contribution in [0.2, 0.25) is 0 Å². The lowest BCUT2D eigenvalue weighted by molar-refractivity contribution is 0.0682. The third kappa shape index (κ3) is 4.47. The van der Waals surface area contributed by atoms with Crippen molar-refractivity contribution in [3.05, 3.63) is 22.3 Å². The molecular weight excluding hydrogens is 318 g/mol. The Morgan fingerprint density at radius 3 is 2.55 bits per heavy atom. The van der Waals surface area contributed by atoms with E-state index in [9.17, 15) is 4.79 Å². The first-order chi connectivity index (χ1) is 9.36. The number of pyridine rings is 1. The Morgan fingerprint density at radius 2 is 2.05 bits per heavy atom. The van der Waals surface area contributed by atoms with Crippen LogP contribution in [0, 0.1) is 5.92 Å². The standard InChI is InChI=1S/C15H24BrN3O/c1-6-17-14-13(7-12(16)8-18-14)15(20)19(11(4)5)9-10(2)3/h7-8,10-11H,6,9H2,1-5H3,(H,17,18). The number of hydrogen-bond donors (Lipinski definition) is 1. The Hall–Kier alpha value is -1.10. The number of carbonyl (C=O) groups excluding carboxylic acids is 1. The van der Waals surface area contributed by atoms with Gasteiger partial charge in [0.25, 0.3) is 5.91 Å². The average molecular weight is 342 g/mol. The largest absolute Gasteiger partial charge is 0.370 e. The minimum absolute atomic E-state index is 0.0263. The third-order valence-electron chi connectivity index (χ3n) is 2.88. The van der Waals surface area contributed by atoms with Crippen LogP contribution in [0.4, 0.5) is 5.82 Å². The number of aromatic nitrogens is 1. The Labute approximate surface area is 130 Å². The zero-order valence-electron chi connectivity index (χ0n) is 12.9. The number of carbonyl (C=O) groups is 1. The molecule has 1 N–H and O–H groups in total. The lowest BCUT2D eigenvalue weighted by Gasteiger charge is -2.29. The van der Waals surface area contributed by atoms with Gasteiger partial charge < -0.3 is 10.2 Å². The third-order valence-corrected chi connectivity index (χ3v) is 3.31. The molecule has 112 valence electrons. The lowest BCUT2D eigenvalue weighted by atomic mass is 10.1. The fourth-order valence-corrected chi connectivity index (χ4v) is 2.32. The first-order valence-corrected chi connectivity index (χ1v) is 7.86. The number of rotatable bonds is 6. The highest BCUT2D eigenvalue weighted by Crippen LogP contribution is 2.21. The monoisotopic (exact) mass is 341 g/mol. The molecule has 20 heavy (non-hydrogen) atoms. The summed E-state index contributed by atoms with van der Waals surface area (Å²) in [6.45, 7) is 11.8. The second-order valence-electron chi connectivity index (χ2n) is 5.53. The molecule has 0 saturated carbocycles. The molecular formula is C15H24BrN3O. The molecule has 0 fully saturated rings. The molecule has 1 rings (SSSR count). The second kappa shape index (κ2) is 7.62. The lowest BCUT2D eigenvalue weighted by Crippen LogP contribution is -2.40. The first-order valence-electron chi connectivity index (χ1n) is 7.07. The number of halogens is 1. The molecule has 0 bridgehead atoms. The zero-order valence-corrected chi connectivity index (χ0v) is 14.5. The van der Waals surface area contributed by atoms with Crippen LogP contribution in [0.25, 0.3) is 0 Å². The van der Waals surface area contributed by atoms with E-state index in [1.165, 1.54) is 0 Å². The van der Waals surface area contributed by atoms with Gasteiger partial charge in [0.15, 0.2) is 0 Å². The predicted molar refractivity (Wildman–Crippen MR) is 87.1 cm³/mol. The summed E-state index contributed by atoms with van der Waals surface area (Å²) in [6, 6.07) is 2.00. The smallest absolute Gasteiger partial charge is 0.257 e. The summed E-state index contributed by atoms with van der Waals surface area (Å²) >= 11 is 3.39. The first kappa shape index (κ1) is 17.0. The zero-order chi connectivity index (χ0) is 15.3. The van der Waals surface area contributed by atoms with E-state index in [1.807, 2.05) is 31.7 Å². The van der Waals surface area contributed by atoms with Crippen LogP contribution in [0.5, 0.6) is 0 Å². The minimum atomic E-state index is 0.0263. The number of anilines is 1. The summed E-state index contributed by atoms with van der Waals surface area (Å²) in [6.07, 6.45) is 1.71. The maximum atomic E-state index is 12.8. The van der Waals surface area contributed by atoms with E-state index in [0.717, 1.165) is 17.6 Å². The summed E-state index contributed by atoms with van der Waals surface area (Å²) in [5, 5.41) is 3.15. The molecule has 0 radical (unpaired) electrons. The quantitative estimate of drug-likeness (QED) is 0.856. The molecule has 1 heterocycles. The fourth-order valence-electron chi connectivity index (χ4n) is 1.99. The molecule has 0 aliphatic carbocycles. The van der Waals surface area contributed by atoms with Crippen molar-refractivity contribution < 1.29 is 4.79 Å². The molecule has 0 saturated heterocycles. The van der Waals surface area contributed by atoms with Crippen LogP contribution in [-0.4, -0.2) is 34.9 Å². The van der Waals surface area contributed by atoms with Gasteiger partial charge in [-0.05, 0) is 48.7 Å². The Bertz CT molecular complexity index is 460. The number of nitrogens with zero attached hydrogens (tertiary/aromatic N) is 2. The van der Waals surface area contributed by atoms with Crippen LogP contribution >= 0.6 is 15.9 Å². The van der Waals surface area contributed by atoms with Crippen molar-refractivity contribution >= 4 is 27.7 Å². The van der Waals surface area contributed by atoms with Crippen molar-refractivity contribution in [3.63, 3.8) is 0 Å². The van der Waals surface area contributed by atoms with Gasteiger partial charge >= 0.3 is 0 Å². The van der Waals surface area contributed by atoms with E-state index in [0.29, 0.717) is 17.3 Å². The summed E-state index contributed by atoms with van der Waals surface area (Å²) in [4.78, 5) is 19.0. The summed E-state index contributed by atoms with van der Waals surface area (Å²) < 4.78 is 0.816. The highest BCUT2D eigenvalue weighted by molar-refractivity contribution is 9.10. The van der Waals surface area contributed by atoms with E-state index >= 15 is 0 Å². The van der Waals surface area contributed by atoms with Crippen molar-refractivity contribution in [2.24, 2.45) is 5.92 Å². The molecule has 0 aliphatic heterocycles. The number of amides is 1. The van der Waals surface area contributed by atoms with Crippen molar-refractivity contribution in [2.45, 2.75) is 40.7 Å². The predicted octanol–water partition coefficient (Wildman–Crippen LogP) is 3.78. The van der Waals surface area contributed by atoms with E-state index in [4.69, 9.17) is 0 Å². The van der Waals surface area contributed by atoms with Gasteiger partial charge in [0.1, 0.15) is 5.82 Å². The maximum absolute atomic E-state index is 12.8. The Kier molecular flexibility index (Phi) is 6.46.